The van der Waals surface area contributed by atoms with Crippen molar-refractivity contribution in [3.05, 3.63) is 47.7 Å². The van der Waals surface area contributed by atoms with Gasteiger partial charge in [0.2, 0.25) is 11.5 Å². The summed E-state index contributed by atoms with van der Waals surface area (Å²) < 4.78 is 7.39. The van der Waals surface area contributed by atoms with Crippen LogP contribution < -0.4 is 4.74 Å². The monoisotopic (exact) mass is 288 g/mol. The second kappa shape index (κ2) is 5.99. The minimum Gasteiger partial charge on any atom is -0.478 e. The summed E-state index contributed by atoms with van der Waals surface area (Å²) in [7, 11) is 0. The Hall–Kier alpha value is -2.30. The molecule has 0 amide bonds. The van der Waals surface area contributed by atoms with Gasteiger partial charge < -0.3 is 9.84 Å². The van der Waals surface area contributed by atoms with Crippen LogP contribution in [-0.4, -0.2) is 26.5 Å². The lowest BCUT2D eigenvalue weighted by atomic mass is 10.0. The van der Waals surface area contributed by atoms with E-state index in [0.717, 1.165) is 11.1 Å². The number of hydrogen-bond acceptors (Lipinski definition) is 3. The molecule has 1 heterocycles. The van der Waals surface area contributed by atoms with Gasteiger partial charge in [0.1, 0.15) is 0 Å². The summed E-state index contributed by atoms with van der Waals surface area (Å²) in [6, 6.07) is 9.95. The average Bonchev–Trinajstić information content (AvgIpc) is 2.79. The van der Waals surface area contributed by atoms with Gasteiger partial charge >= 0.3 is 5.97 Å². The summed E-state index contributed by atoms with van der Waals surface area (Å²) >= 11 is 0. The molecule has 0 saturated heterocycles. The van der Waals surface area contributed by atoms with E-state index in [1.165, 1.54) is 0 Å². The van der Waals surface area contributed by atoms with Crippen LogP contribution in [-0.2, 0) is 11.3 Å². The van der Waals surface area contributed by atoms with Crippen LogP contribution in [0.2, 0.25) is 0 Å². The Morgan fingerprint density at radius 2 is 2.05 bits per heavy atom. The SMILES string of the molecule is CC[C@](C)(Oc1nn(Cc2ccccc2)cc1C)C(=O)O. The number of rotatable bonds is 6. The Morgan fingerprint density at radius 1 is 1.38 bits per heavy atom. The molecule has 5 heteroatoms. The van der Waals surface area contributed by atoms with E-state index in [2.05, 4.69) is 5.10 Å². The molecule has 0 fully saturated rings. The summed E-state index contributed by atoms with van der Waals surface area (Å²) in [5, 5.41) is 13.6. The van der Waals surface area contributed by atoms with E-state index < -0.39 is 11.6 Å². The van der Waals surface area contributed by atoms with Crippen LogP contribution in [0.15, 0.2) is 36.5 Å². The molecule has 1 aromatic carbocycles. The first-order valence-corrected chi connectivity index (χ1v) is 6.95. The van der Waals surface area contributed by atoms with E-state index in [0.29, 0.717) is 18.8 Å². The molecule has 0 aliphatic heterocycles. The lowest BCUT2D eigenvalue weighted by Crippen LogP contribution is -2.41. The van der Waals surface area contributed by atoms with Crippen molar-refractivity contribution in [2.24, 2.45) is 0 Å². The van der Waals surface area contributed by atoms with Crippen LogP contribution in [0.4, 0.5) is 0 Å². The molecule has 1 atom stereocenters. The number of aliphatic carboxylic acids is 1. The standard InChI is InChI=1S/C16H20N2O3/c1-4-16(3,15(19)20)21-14-12(2)10-18(17-14)11-13-8-6-5-7-9-13/h5-10H,4,11H2,1-3H3,(H,19,20)/t16-/m0/s1. The molecule has 5 nitrogen and oxygen atoms in total. The quantitative estimate of drug-likeness (QED) is 0.887. The molecule has 0 radical (unpaired) electrons. The van der Waals surface area contributed by atoms with Gasteiger partial charge in [-0.05, 0) is 25.8 Å². The highest BCUT2D eigenvalue weighted by atomic mass is 16.5. The van der Waals surface area contributed by atoms with Crippen molar-refractivity contribution >= 4 is 5.97 Å². The summed E-state index contributed by atoms with van der Waals surface area (Å²) in [6.45, 7) is 5.83. The van der Waals surface area contributed by atoms with Crippen molar-refractivity contribution in [3.8, 4) is 5.88 Å². The zero-order valence-electron chi connectivity index (χ0n) is 12.5. The number of ether oxygens (including phenoxy) is 1. The Bertz CT molecular complexity index is 622. The summed E-state index contributed by atoms with van der Waals surface area (Å²) in [4.78, 5) is 11.3. The highest BCUT2D eigenvalue weighted by Gasteiger charge is 2.34. The van der Waals surface area contributed by atoms with Crippen molar-refractivity contribution in [2.45, 2.75) is 39.3 Å². The predicted octanol–water partition coefficient (Wildman–Crippen LogP) is 2.87. The third-order valence-corrected chi connectivity index (χ3v) is 3.54. The van der Waals surface area contributed by atoms with Crippen LogP contribution in [0.3, 0.4) is 0 Å². The van der Waals surface area contributed by atoms with Gasteiger partial charge in [-0.3, -0.25) is 4.68 Å². The Labute approximate surface area is 124 Å². The van der Waals surface area contributed by atoms with Gasteiger partial charge in [-0.25, -0.2) is 4.79 Å². The number of carbonyl (C=O) groups is 1. The van der Waals surface area contributed by atoms with Crippen molar-refractivity contribution < 1.29 is 14.6 Å². The zero-order chi connectivity index (χ0) is 15.5. The molecule has 0 bridgehead atoms. The van der Waals surface area contributed by atoms with E-state index in [1.54, 1.807) is 18.5 Å². The highest BCUT2D eigenvalue weighted by molar-refractivity contribution is 5.77. The van der Waals surface area contributed by atoms with Crippen LogP contribution in [0.1, 0.15) is 31.4 Å². The molecule has 0 unspecified atom stereocenters. The average molecular weight is 288 g/mol. The molecule has 21 heavy (non-hydrogen) atoms. The van der Waals surface area contributed by atoms with Crippen molar-refractivity contribution in [3.63, 3.8) is 0 Å². The summed E-state index contributed by atoms with van der Waals surface area (Å²) in [5.74, 6) is -0.611. The first-order chi connectivity index (χ1) is 9.94. The van der Waals surface area contributed by atoms with E-state index in [-0.39, 0.29) is 0 Å². The largest absolute Gasteiger partial charge is 0.478 e. The molecule has 2 aromatic rings. The first kappa shape index (κ1) is 15.1. The molecule has 0 saturated carbocycles. The molecule has 2 rings (SSSR count). The number of carboxylic acid groups (broad SMARTS) is 1. The van der Waals surface area contributed by atoms with Crippen LogP contribution in [0.5, 0.6) is 5.88 Å². The number of nitrogens with zero attached hydrogens (tertiary/aromatic N) is 2. The summed E-state index contributed by atoms with van der Waals surface area (Å²) in [6.07, 6.45) is 2.23. The lowest BCUT2D eigenvalue weighted by Gasteiger charge is -2.23. The van der Waals surface area contributed by atoms with Crippen LogP contribution in [0, 0.1) is 6.92 Å². The van der Waals surface area contributed by atoms with Gasteiger partial charge in [-0.15, -0.1) is 5.10 Å². The van der Waals surface area contributed by atoms with Gasteiger partial charge in [-0.2, -0.15) is 0 Å². The smallest absolute Gasteiger partial charge is 0.347 e. The van der Waals surface area contributed by atoms with Crippen molar-refractivity contribution in [1.29, 1.82) is 0 Å². The summed E-state index contributed by atoms with van der Waals surface area (Å²) in [5.41, 5.74) is 0.700. The molecule has 1 N–H and O–H groups in total. The molecule has 0 aliphatic rings. The van der Waals surface area contributed by atoms with E-state index in [9.17, 15) is 9.90 Å². The maximum atomic E-state index is 11.3. The van der Waals surface area contributed by atoms with Gasteiger partial charge in [-0.1, -0.05) is 37.3 Å². The second-order valence-electron chi connectivity index (χ2n) is 5.29. The maximum absolute atomic E-state index is 11.3. The number of benzene rings is 1. The first-order valence-electron chi connectivity index (χ1n) is 6.95. The topological polar surface area (TPSA) is 64.4 Å². The van der Waals surface area contributed by atoms with Crippen LogP contribution in [0.25, 0.3) is 0 Å². The highest BCUT2D eigenvalue weighted by Crippen LogP contribution is 2.23. The van der Waals surface area contributed by atoms with Crippen LogP contribution >= 0.6 is 0 Å². The molecule has 0 aliphatic carbocycles. The number of aryl methyl sites for hydroxylation is 1. The molecule has 1 aromatic heterocycles. The second-order valence-corrected chi connectivity index (χ2v) is 5.29. The Morgan fingerprint density at radius 3 is 2.62 bits per heavy atom. The fourth-order valence-electron chi connectivity index (χ4n) is 1.94. The Kier molecular flexibility index (Phi) is 4.31. The number of carboxylic acids is 1. The van der Waals surface area contributed by atoms with Crippen molar-refractivity contribution in [1.82, 2.24) is 9.78 Å². The molecule has 112 valence electrons. The molecule has 0 spiro atoms. The lowest BCUT2D eigenvalue weighted by molar-refractivity contribution is -0.154. The van der Waals surface area contributed by atoms with E-state index in [1.807, 2.05) is 43.5 Å². The predicted molar refractivity (Wildman–Crippen MR) is 79.5 cm³/mol. The fourth-order valence-corrected chi connectivity index (χ4v) is 1.94. The van der Waals surface area contributed by atoms with E-state index in [4.69, 9.17) is 4.74 Å². The van der Waals surface area contributed by atoms with Crippen molar-refractivity contribution in [2.75, 3.05) is 0 Å². The number of hydrogen-bond donors (Lipinski definition) is 1. The van der Waals surface area contributed by atoms with Gasteiger partial charge in [0.05, 0.1) is 6.54 Å². The normalized spacial score (nSPS) is 13.7. The minimum atomic E-state index is -1.25. The zero-order valence-corrected chi connectivity index (χ0v) is 12.5. The Balaban J connectivity index is 2.18. The van der Waals surface area contributed by atoms with Gasteiger partial charge in [0.15, 0.2) is 0 Å². The van der Waals surface area contributed by atoms with Gasteiger partial charge in [0, 0.05) is 11.8 Å². The third-order valence-electron chi connectivity index (χ3n) is 3.54. The fraction of sp³-hybridized carbons (Fsp3) is 0.375. The minimum absolute atomic E-state index is 0.368. The third kappa shape index (κ3) is 3.42. The number of aromatic nitrogens is 2. The molecular formula is C16H20N2O3. The van der Waals surface area contributed by atoms with E-state index >= 15 is 0 Å². The maximum Gasteiger partial charge on any atom is 0.347 e. The van der Waals surface area contributed by atoms with Gasteiger partial charge in [0.25, 0.3) is 0 Å². The molecular weight excluding hydrogens is 268 g/mol.